The number of nitrogen functional groups attached to an aromatic ring is 1. The largest absolute Gasteiger partial charge is 0.397 e. The Balaban J connectivity index is 2.98. The van der Waals surface area contributed by atoms with Crippen LogP contribution in [0.1, 0.15) is 20.3 Å². The van der Waals surface area contributed by atoms with Gasteiger partial charge in [-0.15, -0.1) is 0 Å². The highest BCUT2D eigenvalue weighted by Gasteiger charge is 2.30. The fourth-order valence-electron chi connectivity index (χ4n) is 1.76. The van der Waals surface area contributed by atoms with Crippen LogP contribution in [0.2, 0.25) is 0 Å². The molecule has 0 bridgehead atoms. The number of halogens is 3. The Morgan fingerprint density at radius 2 is 1.95 bits per heavy atom. The summed E-state index contributed by atoms with van der Waals surface area (Å²) in [5, 5.41) is 2.58. The summed E-state index contributed by atoms with van der Waals surface area (Å²) in [5.74, 6) is 0. The van der Waals surface area contributed by atoms with Crippen molar-refractivity contribution in [3.8, 4) is 0 Å². The first-order valence-electron chi connectivity index (χ1n) is 6.27. The molecule has 0 saturated carbocycles. The average molecular weight is 325 g/mol. The topological polar surface area (TPSA) is 84.2 Å². The maximum atomic E-state index is 12.3. The summed E-state index contributed by atoms with van der Waals surface area (Å²) in [4.78, 5) is -0.0553. The van der Waals surface area contributed by atoms with Gasteiger partial charge in [0.2, 0.25) is 10.0 Å². The Kier molecular flexibility index (Phi) is 5.46. The third-order valence-electron chi connectivity index (χ3n) is 2.61. The molecular weight excluding hydrogens is 307 g/mol. The molecule has 0 fully saturated rings. The first-order chi connectivity index (χ1) is 9.55. The highest BCUT2D eigenvalue weighted by Crippen LogP contribution is 2.27. The molecule has 4 N–H and O–H groups in total. The summed E-state index contributed by atoms with van der Waals surface area (Å²) in [6, 6.07) is 2.93. The van der Waals surface area contributed by atoms with Crippen LogP contribution in [0, 0.1) is 0 Å². The van der Waals surface area contributed by atoms with Crippen molar-refractivity contribution in [2.75, 3.05) is 17.6 Å². The lowest BCUT2D eigenvalue weighted by molar-refractivity contribution is -0.136. The second-order valence-corrected chi connectivity index (χ2v) is 6.38. The molecular formula is C12H18F3N3O2S. The first-order valence-corrected chi connectivity index (χ1v) is 7.76. The van der Waals surface area contributed by atoms with E-state index in [2.05, 4.69) is 10.0 Å². The minimum absolute atomic E-state index is 0.0553. The van der Waals surface area contributed by atoms with Gasteiger partial charge in [-0.25, -0.2) is 13.1 Å². The number of hydrogen-bond acceptors (Lipinski definition) is 4. The van der Waals surface area contributed by atoms with Crippen molar-refractivity contribution in [1.82, 2.24) is 4.72 Å². The van der Waals surface area contributed by atoms with E-state index in [1.165, 1.54) is 25.1 Å². The molecule has 0 saturated heterocycles. The molecule has 0 amide bonds. The van der Waals surface area contributed by atoms with E-state index < -0.39 is 28.7 Å². The monoisotopic (exact) mass is 325 g/mol. The van der Waals surface area contributed by atoms with E-state index in [0.29, 0.717) is 0 Å². The molecule has 1 unspecified atom stereocenters. The number of rotatable bonds is 6. The summed E-state index contributed by atoms with van der Waals surface area (Å²) >= 11 is 0. The van der Waals surface area contributed by atoms with E-state index in [-0.39, 0.29) is 22.8 Å². The summed E-state index contributed by atoms with van der Waals surface area (Å²) in [5.41, 5.74) is 6.00. The van der Waals surface area contributed by atoms with E-state index in [4.69, 9.17) is 5.73 Å². The van der Waals surface area contributed by atoms with Crippen LogP contribution in [0.4, 0.5) is 24.5 Å². The summed E-state index contributed by atoms with van der Waals surface area (Å²) in [6.07, 6.45) is -5.36. The van der Waals surface area contributed by atoms with E-state index >= 15 is 0 Å². The lowest BCUT2D eigenvalue weighted by Crippen LogP contribution is -2.25. The Labute approximate surface area is 121 Å². The highest BCUT2D eigenvalue weighted by molar-refractivity contribution is 7.89. The van der Waals surface area contributed by atoms with Gasteiger partial charge >= 0.3 is 6.18 Å². The van der Waals surface area contributed by atoms with E-state index in [1.807, 2.05) is 0 Å². The van der Waals surface area contributed by atoms with Gasteiger partial charge < -0.3 is 11.1 Å². The number of benzene rings is 1. The predicted octanol–water partition coefficient (Wildman–Crippen LogP) is 2.32. The third-order valence-corrected chi connectivity index (χ3v) is 4.15. The van der Waals surface area contributed by atoms with Gasteiger partial charge in [0, 0.05) is 12.6 Å². The third kappa shape index (κ3) is 5.43. The number of nitrogens with two attached hydrogens (primary N) is 1. The minimum Gasteiger partial charge on any atom is -0.397 e. The van der Waals surface area contributed by atoms with Crippen molar-refractivity contribution in [2.24, 2.45) is 0 Å². The SMILES string of the molecule is CCNS(=O)(=O)c1ccc(N)c(NC(C)CC(F)(F)F)c1. The minimum atomic E-state index is -4.31. The maximum Gasteiger partial charge on any atom is 0.391 e. The van der Waals surface area contributed by atoms with Crippen molar-refractivity contribution in [3.63, 3.8) is 0 Å². The van der Waals surface area contributed by atoms with Gasteiger partial charge in [-0.05, 0) is 25.1 Å². The zero-order valence-corrected chi connectivity index (χ0v) is 12.5. The molecule has 1 rings (SSSR count). The predicted molar refractivity (Wildman–Crippen MR) is 75.5 cm³/mol. The zero-order chi connectivity index (χ0) is 16.3. The zero-order valence-electron chi connectivity index (χ0n) is 11.7. The van der Waals surface area contributed by atoms with Crippen LogP contribution >= 0.6 is 0 Å². The molecule has 0 aromatic heterocycles. The van der Waals surface area contributed by atoms with Gasteiger partial charge in [0.05, 0.1) is 22.7 Å². The van der Waals surface area contributed by atoms with Crippen LogP contribution in [0.15, 0.2) is 23.1 Å². The maximum absolute atomic E-state index is 12.3. The Bertz CT molecular complexity index is 588. The highest BCUT2D eigenvalue weighted by atomic mass is 32.2. The second kappa shape index (κ2) is 6.52. The summed E-state index contributed by atoms with van der Waals surface area (Å²) in [7, 11) is -3.69. The quantitative estimate of drug-likeness (QED) is 0.701. The molecule has 5 nitrogen and oxygen atoms in total. The molecule has 0 heterocycles. The Morgan fingerprint density at radius 1 is 1.33 bits per heavy atom. The van der Waals surface area contributed by atoms with Crippen LogP contribution in [0.5, 0.6) is 0 Å². The van der Waals surface area contributed by atoms with Gasteiger partial charge in [0.25, 0.3) is 0 Å². The Hall–Kier alpha value is -1.48. The molecule has 0 aliphatic carbocycles. The van der Waals surface area contributed by atoms with Gasteiger partial charge in [0.15, 0.2) is 0 Å². The fourth-order valence-corrected chi connectivity index (χ4v) is 2.83. The van der Waals surface area contributed by atoms with Crippen molar-refractivity contribution in [3.05, 3.63) is 18.2 Å². The molecule has 0 aliphatic rings. The van der Waals surface area contributed by atoms with Crippen molar-refractivity contribution >= 4 is 21.4 Å². The molecule has 9 heteroatoms. The standard InChI is InChI=1S/C12H18F3N3O2S/c1-3-17-21(19,20)9-4-5-10(16)11(6-9)18-8(2)7-12(13,14)15/h4-6,8,17-18H,3,7,16H2,1-2H3. The van der Waals surface area contributed by atoms with Crippen LogP contribution in [0.25, 0.3) is 0 Å². The molecule has 0 aliphatic heterocycles. The summed E-state index contributed by atoms with van der Waals surface area (Å²) < 4.78 is 62.9. The Morgan fingerprint density at radius 3 is 2.48 bits per heavy atom. The van der Waals surface area contributed by atoms with Crippen LogP contribution in [-0.4, -0.2) is 27.2 Å². The molecule has 1 aromatic carbocycles. The van der Waals surface area contributed by atoms with Crippen LogP contribution < -0.4 is 15.8 Å². The summed E-state index contributed by atoms with van der Waals surface area (Å²) in [6.45, 7) is 3.18. The number of nitrogens with one attached hydrogen (secondary N) is 2. The van der Waals surface area contributed by atoms with Gasteiger partial charge in [-0.3, -0.25) is 0 Å². The molecule has 1 aromatic rings. The van der Waals surface area contributed by atoms with Crippen molar-refractivity contribution in [2.45, 2.75) is 37.4 Å². The second-order valence-electron chi connectivity index (χ2n) is 4.62. The van der Waals surface area contributed by atoms with Crippen molar-refractivity contribution in [1.29, 1.82) is 0 Å². The lowest BCUT2D eigenvalue weighted by Gasteiger charge is -2.19. The lowest BCUT2D eigenvalue weighted by atomic mass is 10.2. The van der Waals surface area contributed by atoms with Crippen LogP contribution in [0.3, 0.4) is 0 Å². The number of hydrogen-bond donors (Lipinski definition) is 3. The molecule has 1 atom stereocenters. The fraction of sp³-hybridized carbons (Fsp3) is 0.500. The number of anilines is 2. The van der Waals surface area contributed by atoms with E-state index in [0.717, 1.165) is 0 Å². The molecule has 0 radical (unpaired) electrons. The van der Waals surface area contributed by atoms with Crippen LogP contribution in [-0.2, 0) is 10.0 Å². The molecule has 0 spiro atoms. The first kappa shape index (κ1) is 17.6. The van der Waals surface area contributed by atoms with Gasteiger partial charge in [0.1, 0.15) is 0 Å². The van der Waals surface area contributed by atoms with Gasteiger partial charge in [-0.1, -0.05) is 6.92 Å². The number of alkyl halides is 3. The smallest absolute Gasteiger partial charge is 0.391 e. The van der Waals surface area contributed by atoms with Gasteiger partial charge in [-0.2, -0.15) is 13.2 Å². The molecule has 120 valence electrons. The molecule has 21 heavy (non-hydrogen) atoms. The van der Waals surface area contributed by atoms with E-state index in [9.17, 15) is 21.6 Å². The average Bonchev–Trinajstić information content (AvgIpc) is 2.29. The number of sulfonamides is 1. The van der Waals surface area contributed by atoms with Crippen molar-refractivity contribution < 1.29 is 21.6 Å². The normalized spacial score (nSPS) is 14.0. The van der Waals surface area contributed by atoms with E-state index in [1.54, 1.807) is 6.92 Å².